The second-order valence-electron chi connectivity index (χ2n) is 6.94. The maximum absolute atomic E-state index is 11.4. The Morgan fingerprint density at radius 1 is 1.32 bits per heavy atom. The highest BCUT2D eigenvalue weighted by Crippen LogP contribution is 2.27. The van der Waals surface area contributed by atoms with Crippen molar-refractivity contribution in [3.8, 4) is 0 Å². The second-order valence-corrected chi connectivity index (χ2v) is 7.35. The molecule has 0 radical (unpaired) electrons. The fourth-order valence-corrected chi connectivity index (χ4v) is 2.61. The van der Waals surface area contributed by atoms with Crippen molar-refractivity contribution in [3.05, 3.63) is 35.5 Å². The minimum Gasteiger partial charge on any atom is -0.480 e. The molecule has 28 heavy (non-hydrogen) atoms. The normalized spacial score (nSPS) is 12.8. The molecule has 0 bridgehead atoms. The highest BCUT2D eigenvalue weighted by molar-refractivity contribution is 6.33. The van der Waals surface area contributed by atoms with Crippen LogP contribution in [-0.4, -0.2) is 47.3 Å². The largest absolute Gasteiger partial charge is 0.480 e. The van der Waals surface area contributed by atoms with E-state index in [9.17, 15) is 15.0 Å². The van der Waals surface area contributed by atoms with Crippen LogP contribution in [0.15, 0.2) is 30.5 Å². The summed E-state index contributed by atoms with van der Waals surface area (Å²) >= 11 is 6.18. The third-order valence-electron chi connectivity index (χ3n) is 4.31. The molecule has 148 valence electrons. The molecule has 0 saturated heterocycles. The molecule has 3 rings (SSSR count). The van der Waals surface area contributed by atoms with Crippen LogP contribution in [0, 0.1) is 0 Å². The lowest BCUT2D eigenvalue weighted by molar-refractivity contribution is -0.137. The number of halogens is 1. The topological polar surface area (TPSA) is 125 Å². The molecule has 2 aromatic heterocycles. The van der Waals surface area contributed by atoms with Crippen molar-refractivity contribution >= 4 is 46.3 Å². The number of carboxylic acids is 1. The number of aromatic nitrogens is 4. The van der Waals surface area contributed by atoms with Crippen LogP contribution in [0.5, 0.6) is 0 Å². The number of fused-ring (bicyclic) bond motifs is 1. The fraction of sp³-hybridized carbons (Fsp3) is 0.333. The van der Waals surface area contributed by atoms with Gasteiger partial charge in [0.05, 0.1) is 28.5 Å². The van der Waals surface area contributed by atoms with Crippen molar-refractivity contribution in [1.29, 1.82) is 0 Å². The van der Waals surface area contributed by atoms with Gasteiger partial charge in [0, 0.05) is 0 Å². The predicted octanol–water partition coefficient (Wildman–Crippen LogP) is 2.88. The highest BCUT2D eigenvalue weighted by atomic mass is 35.5. The van der Waals surface area contributed by atoms with Gasteiger partial charge in [-0.25, -0.2) is 9.97 Å². The summed E-state index contributed by atoms with van der Waals surface area (Å²) < 4.78 is 1.43. The Kier molecular flexibility index (Phi) is 5.39. The van der Waals surface area contributed by atoms with Crippen molar-refractivity contribution < 1.29 is 15.0 Å². The first kappa shape index (κ1) is 19.8. The van der Waals surface area contributed by atoms with E-state index in [-0.39, 0.29) is 24.5 Å². The van der Waals surface area contributed by atoms with Gasteiger partial charge in [0.15, 0.2) is 5.65 Å². The van der Waals surface area contributed by atoms with E-state index >= 15 is 0 Å². The number of nitrogens with zero attached hydrogens (tertiary/aromatic N) is 4. The van der Waals surface area contributed by atoms with Gasteiger partial charge in [-0.2, -0.15) is 4.98 Å². The standard InChI is InChI=1S/C18H21ClN6O3/c1-10(18(2,3)28)21-16-20-8-13-15(24-16)25(9-14(26)27)17(23-13)22-12-7-5-4-6-11(12)19/h4-8,10,28H,9H2,1-3H3,(H,22,23)(H,26,27)(H,20,21,24). The number of hydrogen-bond donors (Lipinski definition) is 4. The zero-order chi connectivity index (χ0) is 20.5. The minimum absolute atomic E-state index is 0.262. The summed E-state index contributed by atoms with van der Waals surface area (Å²) in [7, 11) is 0. The van der Waals surface area contributed by atoms with Gasteiger partial charge in [-0.05, 0) is 32.9 Å². The number of imidazole rings is 1. The van der Waals surface area contributed by atoms with E-state index in [1.54, 1.807) is 45.0 Å². The molecule has 0 saturated carbocycles. The van der Waals surface area contributed by atoms with E-state index in [1.807, 2.05) is 0 Å². The number of aliphatic hydroxyl groups is 1. The van der Waals surface area contributed by atoms with E-state index in [4.69, 9.17) is 11.6 Å². The van der Waals surface area contributed by atoms with Gasteiger partial charge in [0.2, 0.25) is 11.9 Å². The number of aliphatic carboxylic acids is 1. The Hall–Kier alpha value is -2.91. The number of benzene rings is 1. The monoisotopic (exact) mass is 404 g/mol. The lowest BCUT2D eigenvalue weighted by Gasteiger charge is -2.26. The Morgan fingerprint density at radius 3 is 2.68 bits per heavy atom. The zero-order valence-corrected chi connectivity index (χ0v) is 16.4. The number of carbonyl (C=O) groups is 1. The zero-order valence-electron chi connectivity index (χ0n) is 15.6. The maximum Gasteiger partial charge on any atom is 0.323 e. The Morgan fingerprint density at radius 2 is 2.04 bits per heavy atom. The molecule has 2 heterocycles. The molecule has 0 amide bonds. The molecule has 10 heteroatoms. The Balaban J connectivity index is 2.02. The SMILES string of the molecule is CC(Nc1ncc2nc(Nc3ccccc3Cl)n(CC(=O)O)c2n1)C(C)(C)O. The van der Waals surface area contributed by atoms with E-state index in [2.05, 4.69) is 25.6 Å². The van der Waals surface area contributed by atoms with Crippen molar-refractivity contribution in [1.82, 2.24) is 19.5 Å². The first-order valence-corrected chi connectivity index (χ1v) is 8.98. The van der Waals surface area contributed by atoms with Gasteiger partial charge in [0.1, 0.15) is 12.1 Å². The third-order valence-corrected chi connectivity index (χ3v) is 4.64. The minimum atomic E-state index is -1.04. The second kappa shape index (κ2) is 7.61. The maximum atomic E-state index is 11.4. The van der Waals surface area contributed by atoms with Crippen LogP contribution in [-0.2, 0) is 11.3 Å². The summed E-state index contributed by atoms with van der Waals surface area (Å²) in [4.78, 5) is 24.4. The number of hydrogen-bond acceptors (Lipinski definition) is 7. The first-order valence-electron chi connectivity index (χ1n) is 8.60. The van der Waals surface area contributed by atoms with Crippen LogP contribution in [0.2, 0.25) is 5.02 Å². The van der Waals surface area contributed by atoms with E-state index < -0.39 is 11.6 Å². The van der Waals surface area contributed by atoms with Gasteiger partial charge in [-0.15, -0.1) is 0 Å². The van der Waals surface area contributed by atoms with E-state index in [0.717, 1.165) is 0 Å². The van der Waals surface area contributed by atoms with Crippen LogP contribution in [0.1, 0.15) is 20.8 Å². The van der Waals surface area contributed by atoms with Gasteiger partial charge in [-0.1, -0.05) is 23.7 Å². The van der Waals surface area contributed by atoms with Crippen molar-refractivity contribution in [2.24, 2.45) is 0 Å². The van der Waals surface area contributed by atoms with Crippen LogP contribution < -0.4 is 10.6 Å². The summed E-state index contributed by atoms with van der Waals surface area (Å²) in [6.45, 7) is 4.79. The summed E-state index contributed by atoms with van der Waals surface area (Å²) in [5.74, 6) is -0.495. The molecular weight excluding hydrogens is 384 g/mol. The molecule has 0 spiro atoms. The number of anilines is 3. The molecule has 0 aliphatic heterocycles. The van der Waals surface area contributed by atoms with Crippen LogP contribution in [0.3, 0.4) is 0 Å². The van der Waals surface area contributed by atoms with Crippen LogP contribution in [0.25, 0.3) is 11.2 Å². The molecule has 0 aliphatic carbocycles. The molecule has 3 aromatic rings. The quantitative estimate of drug-likeness (QED) is 0.473. The Labute approximate surface area is 166 Å². The molecule has 1 aromatic carbocycles. The van der Waals surface area contributed by atoms with E-state index in [1.165, 1.54) is 10.8 Å². The number of rotatable bonds is 7. The lowest BCUT2D eigenvalue weighted by Crippen LogP contribution is -2.39. The smallest absolute Gasteiger partial charge is 0.323 e. The molecule has 1 unspecified atom stereocenters. The van der Waals surface area contributed by atoms with Gasteiger partial charge in [0.25, 0.3) is 0 Å². The molecule has 0 aliphatic rings. The van der Waals surface area contributed by atoms with Gasteiger partial charge >= 0.3 is 5.97 Å². The molecule has 9 nitrogen and oxygen atoms in total. The van der Waals surface area contributed by atoms with Crippen LogP contribution in [0.4, 0.5) is 17.6 Å². The summed E-state index contributed by atoms with van der Waals surface area (Å²) in [6.07, 6.45) is 1.50. The highest BCUT2D eigenvalue weighted by Gasteiger charge is 2.23. The van der Waals surface area contributed by atoms with Crippen molar-refractivity contribution in [2.45, 2.75) is 39.0 Å². The molecule has 1 atom stereocenters. The van der Waals surface area contributed by atoms with Crippen molar-refractivity contribution in [3.63, 3.8) is 0 Å². The number of carboxylic acid groups (broad SMARTS) is 1. The number of para-hydroxylation sites is 1. The molecule has 4 N–H and O–H groups in total. The van der Waals surface area contributed by atoms with Crippen LogP contribution >= 0.6 is 11.6 Å². The summed E-state index contributed by atoms with van der Waals surface area (Å²) in [6, 6.07) is 6.74. The number of nitrogens with one attached hydrogen (secondary N) is 2. The van der Waals surface area contributed by atoms with Gasteiger partial charge < -0.3 is 20.8 Å². The summed E-state index contributed by atoms with van der Waals surface area (Å²) in [5, 5.41) is 26.0. The lowest BCUT2D eigenvalue weighted by atomic mass is 10.0. The van der Waals surface area contributed by atoms with Crippen molar-refractivity contribution in [2.75, 3.05) is 10.6 Å². The third kappa shape index (κ3) is 4.32. The van der Waals surface area contributed by atoms with Gasteiger partial charge in [-0.3, -0.25) is 9.36 Å². The molecule has 0 fully saturated rings. The first-order chi connectivity index (χ1) is 13.1. The molecular formula is C18H21ClN6O3. The Bertz CT molecular complexity index is 1010. The predicted molar refractivity (Wildman–Crippen MR) is 107 cm³/mol. The van der Waals surface area contributed by atoms with E-state index in [0.29, 0.717) is 21.9 Å². The average Bonchev–Trinajstić information content (AvgIpc) is 2.92. The fourth-order valence-electron chi connectivity index (χ4n) is 2.42. The average molecular weight is 405 g/mol. The summed E-state index contributed by atoms with van der Waals surface area (Å²) in [5.41, 5.74) is 0.374.